The number of benzene rings is 1. The minimum absolute atomic E-state index is 0.0994. The van der Waals surface area contributed by atoms with Crippen LogP contribution in [0.5, 0.6) is 0 Å². The van der Waals surface area contributed by atoms with E-state index in [0.29, 0.717) is 12.2 Å². The van der Waals surface area contributed by atoms with E-state index in [0.717, 1.165) is 42.4 Å². The van der Waals surface area contributed by atoms with Crippen molar-refractivity contribution >= 4 is 29.7 Å². The lowest BCUT2D eigenvalue weighted by Crippen LogP contribution is -2.54. The summed E-state index contributed by atoms with van der Waals surface area (Å²) in [6.45, 7) is 13.3. The first-order valence-electron chi connectivity index (χ1n) is 13.2. The first-order valence-corrected chi connectivity index (χ1v) is 14.6. The molecule has 1 saturated carbocycles. The van der Waals surface area contributed by atoms with E-state index < -0.39 is 23.8 Å². The van der Waals surface area contributed by atoms with Crippen LogP contribution in [0.3, 0.4) is 0 Å². The minimum Gasteiger partial charge on any atom is -0.444 e. The molecule has 2 N–H and O–H groups in total. The molecule has 7 nitrogen and oxygen atoms in total. The zero-order valence-electron chi connectivity index (χ0n) is 23.4. The predicted molar refractivity (Wildman–Crippen MR) is 152 cm³/mol. The first kappa shape index (κ1) is 30.7. The van der Waals surface area contributed by atoms with E-state index in [-0.39, 0.29) is 24.4 Å². The molecule has 1 aromatic carbocycles. The van der Waals surface area contributed by atoms with Gasteiger partial charge in [-0.3, -0.25) is 9.59 Å². The van der Waals surface area contributed by atoms with E-state index >= 15 is 0 Å². The fourth-order valence-electron chi connectivity index (χ4n) is 4.71. The molecule has 0 bridgehead atoms. The fourth-order valence-corrected chi connectivity index (χ4v) is 5.19. The summed E-state index contributed by atoms with van der Waals surface area (Å²) in [6.07, 6.45) is 8.58. The van der Waals surface area contributed by atoms with Gasteiger partial charge in [0.1, 0.15) is 17.7 Å². The number of nitrogens with zero attached hydrogens (tertiary/aromatic N) is 1. The predicted octanol–water partition coefficient (Wildman–Crippen LogP) is 5.45. The SMILES string of the molecule is C=CCN(C(=O)C(CCSC)NC(=O)OC(C)(C)C)C(C(=O)NC1CCCCC1)c1ccc(C)cc1C. The Kier molecular flexibility index (Phi) is 12.0. The molecule has 8 heteroatoms. The number of rotatable bonds is 11. The molecule has 0 radical (unpaired) electrons. The van der Waals surface area contributed by atoms with Crippen LogP contribution in [0.15, 0.2) is 30.9 Å². The van der Waals surface area contributed by atoms with Crippen LogP contribution in [-0.4, -0.2) is 59.0 Å². The normalized spacial score (nSPS) is 15.8. The molecule has 1 aliphatic carbocycles. The third-order valence-corrected chi connectivity index (χ3v) is 7.08. The monoisotopic (exact) mass is 531 g/mol. The van der Waals surface area contributed by atoms with Crippen molar-refractivity contribution in [2.24, 2.45) is 0 Å². The molecular weight excluding hydrogens is 486 g/mol. The van der Waals surface area contributed by atoms with Crippen molar-refractivity contribution in [1.82, 2.24) is 15.5 Å². The van der Waals surface area contributed by atoms with E-state index in [1.807, 2.05) is 38.3 Å². The van der Waals surface area contributed by atoms with E-state index in [9.17, 15) is 14.4 Å². The van der Waals surface area contributed by atoms with E-state index in [1.165, 1.54) is 6.42 Å². The number of ether oxygens (including phenoxy) is 1. The summed E-state index contributed by atoms with van der Waals surface area (Å²) in [5, 5.41) is 5.99. The zero-order chi connectivity index (χ0) is 27.6. The Bertz CT molecular complexity index is 938. The topological polar surface area (TPSA) is 87.7 Å². The van der Waals surface area contributed by atoms with Crippen LogP contribution in [0.1, 0.15) is 82.0 Å². The maximum absolute atomic E-state index is 14.0. The Hall–Kier alpha value is -2.48. The summed E-state index contributed by atoms with van der Waals surface area (Å²) in [4.78, 5) is 42.1. The molecule has 2 rings (SSSR count). The van der Waals surface area contributed by atoms with Crippen molar-refractivity contribution in [3.05, 3.63) is 47.5 Å². The summed E-state index contributed by atoms with van der Waals surface area (Å²) in [6, 6.07) is 4.34. The number of alkyl carbamates (subject to hydrolysis) is 1. The fraction of sp³-hybridized carbons (Fsp3) is 0.621. The summed E-state index contributed by atoms with van der Waals surface area (Å²) in [5.74, 6) is 0.134. The zero-order valence-corrected chi connectivity index (χ0v) is 24.2. The molecule has 3 amide bonds. The van der Waals surface area contributed by atoms with Crippen molar-refractivity contribution in [3.8, 4) is 0 Å². The number of carbonyl (C=O) groups is 3. The smallest absolute Gasteiger partial charge is 0.408 e. The van der Waals surface area contributed by atoms with Gasteiger partial charge in [-0.2, -0.15) is 11.8 Å². The van der Waals surface area contributed by atoms with Gasteiger partial charge in [0.15, 0.2) is 0 Å². The molecule has 37 heavy (non-hydrogen) atoms. The van der Waals surface area contributed by atoms with Gasteiger partial charge in [0, 0.05) is 12.6 Å². The maximum Gasteiger partial charge on any atom is 0.408 e. The largest absolute Gasteiger partial charge is 0.444 e. The summed E-state index contributed by atoms with van der Waals surface area (Å²) >= 11 is 1.59. The molecule has 2 atom stereocenters. The Balaban J connectivity index is 2.45. The van der Waals surface area contributed by atoms with Crippen molar-refractivity contribution < 1.29 is 19.1 Å². The number of hydrogen-bond acceptors (Lipinski definition) is 5. The molecule has 206 valence electrons. The Morgan fingerprint density at radius 2 is 1.86 bits per heavy atom. The average molecular weight is 532 g/mol. The molecule has 0 aliphatic heterocycles. The minimum atomic E-state index is -0.842. The third-order valence-electron chi connectivity index (χ3n) is 6.44. The first-order chi connectivity index (χ1) is 17.5. The summed E-state index contributed by atoms with van der Waals surface area (Å²) in [5.41, 5.74) is 2.10. The molecule has 0 aromatic heterocycles. The van der Waals surface area contributed by atoms with Gasteiger partial charge in [-0.1, -0.05) is 49.1 Å². The number of amides is 3. The van der Waals surface area contributed by atoms with Gasteiger partial charge >= 0.3 is 6.09 Å². The number of hydrogen-bond donors (Lipinski definition) is 2. The molecule has 0 spiro atoms. The van der Waals surface area contributed by atoms with E-state index in [1.54, 1.807) is 43.5 Å². The van der Waals surface area contributed by atoms with Crippen LogP contribution in [0.25, 0.3) is 0 Å². The van der Waals surface area contributed by atoms with E-state index in [4.69, 9.17) is 4.74 Å². The van der Waals surface area contributed by atoms with Crippen LogP contribution in [0.4, 0.5) is 4.79 Å². The van der Waals surface area contributed by atoms with Gasteiger partial charge in [-0.15, -0.1) is 6.58 Å². The average Bonchev–Trinajstić information content (AvgIpc) is 2.81. The van der Waals surface area contributed by atoms with Gasteiger partial charge in [0.05, 0.1) is 0 Å². The molecule has 1 aromatic rings. The van der Waals surface area contributed by atoms with Crippen molar-refractivity contribution in [1.29, 1.82) is 0 Å². The highest BCUT2D eigenvalue weighted by atomic mass is 32.2. The molecule has 0 heterocycles. The Labute approximate surface area is 227 Å². The summed E-state index contributed by atoms with van der Waals surface area (Å²) in [7, 11) is 0. The highest BCUT2D eigenvalue weighted by Gasteiger charge is 2.37. The molecule has 2 unspecified atom stereocenters. The van der Waals surface area contributed by atoms with Gasteiger partial charge in [-0.05, 0) is 77.0 Å². The second-order valence-electron chi connectivity index (χ2n) is 10.9. The molecule has 1 aliphatic rings. The molecular formula is C29H45N3O4S. The Morgan fingerprint density at radius 1 is 1.19 bits per heavy atom. The van der Waals surface area contributed by atoms with Gasteiger partial charge in [0.2, 0.25) is 11.8 Å². The maximum atomic E-state index is 14.0. The number of thioether (sulfide) groups is 1. The van der Waals surface area contributed by atoms with Crippen molar-refractivity contribution in [2.75, 3.05) is 18.6 Å². The van der Waals surface area contributed by atoms with Crippen LogP contribution in [0.2, 0.25) is 0 Å². The van der Waals surface area contributed by atoms with Gasteiger partial charge < -0.3 is 20.3 Å². The number of aryl methyl sites for hydroxylation is 2. The highest BCUT2D eigenvalue weighted by Crippen LogP contribution is 2.28. The van der Waals surface area contributed by atoms with Gasteiger partial charge in [-0.25, -0.2) is 4.79 Å². The lowest BCUT2D eigenvalue weighted by atomic mass is 9.93. The van der Waals surface area contributed by atoms with Crippen molar-refractivity contribution in [2.45, 2.75) is 96.9 Å². The standard InChI is InChI=1S/C29H45N3O4S/c1-8-17-32(27(34)24(16-18-37-7)31-28(35)36-29(4,5)6)25(23-15-14-20(2)19-21(23)3)26(33)30-22-12-10-9-11-13-22/h8,14-15,19,22,24-25H,1,9-13,16-18H2,2-7H3,(H,30,33)(H,31,35). The van der Waals surface area contributed by atoms with Gasteiger partial charge in [0.25, 0.3) is 0 Å². The second kappa shape index (κ2) is 14.5. The molecule has 0 saturated heterocycles. The third kappa shape index (κ3) is 9.72. The van der Waals surface area contributed by atoms with Crippen LogP contribution >= 0.6 is 11.8 Å². The number of nitrogens with one attached hydrogen (secondary N) is 2. The van der Waals surface area contributed by atoms with Crippen LogP contribution in [0, 0.1) is 13.8 Å². The second-order valence-corrected chi connectivity index (χ2v) is 11.9. The summed E-state index contributed by atoms with van der Waals surface area (Å²) < 4.78 is 5.44. The van der Waals surface area contributed by atoms with Crippen LogP contribution in [-0.2, 0) is 14.3 Å². The number of carbonyl (C=O) groups excluding carboxylic acids is 3. The highest BCUT2D eigenvalue weighted by molar-refractivity contribution is 7.98. The lowest BCUT2D eigenvalue weighted by Gasteiger charge is -2.35. The van der Waals surface area contributed by atoms with Crippen molar-refractivity contribution in [3.63, 3.8) is 0 Å². The lowest BCUT2D eigenvalue weighted by molar-refractivity contribution is -0.142. The van der Waals surface area contributed by atoms with E-state index in [2.05, 4.69) is 17.2 Å². The molecule has 1 fully saturated rings. The Morgan fingerprint density at radius 3 is 2.43 bits per heavy atom. The quantitative estimate of drug-likeness (QED) is 0.371. The van der Waals surface area contributed by atoms with Crippen LogP contribution < -0.4 is 10.6 Å².